The van der Waals surface area contributed by atoms with Crippen molar-refractivity contribution in [3.8, 4) is 11.3 Å². The molecule has 222 valence electrons. The summed E-state index contributed by atoms with van der Waals surface area (Å²) in [6, 6.07) is 15.9. The highest BCUT2D eigenvalue weighted by Crippen LogP contribution is 2.33. The van der Waals surface area contributed by atoms with Crippen molar-refractivity contribution in [2.24, 2.45) is 0 Å². The number of piperidine rings is 1. The third-order valence-electron chi connectivity index (χ3n) is 8.25. The van der Waals surface area contributed by atoms with Gasteiger partial charge < -0.3 is 15.1 Å². The minimum Gasteiger partial charge on any atom is -0.372 e. The van der Waals surface area contributed by atoms with Crippen molar-refractivity contribution in [2.45, 2.75) is 39.7 Å². The molecule has 0 saturated carbocycles. The van der Waals surface area contributed by atoms with Crippen LogP contribution >= 0.6 is 0 Å². The zero-order valence-electron chi connectivity index (χ0n) is 25.2. The van der Waals surface area contributed by atoms with Crippen LogP contribution in [0.5, 0.6) is 0 Å². The number of carbonyl (C=O) groups excluding carboxylic acids is 2. The number of nitrogens with zero attached hydrogens (tertiary/aromatic N) is 6. The first-order valence-corrected chi connectivity index (χ1v) is 15.1. The lowest BCUT2D eigenvalue weighted by Gasteiger charge is -2.34. The largest absolute Gasteiger partial charge is 0.372 e. The molecule has 9 nitrogen and oxygen atoms in total. The second-order valence-electron chi connectivity index (χ2n) is 11.5. The molecule has 0 atom stereocenters. The Labute approximate surface area is 249 Å². The van der Waals surface area contributed by atoms with Crippen LogP contribution in [0, 0.1) is 6.92 Å². The minimum atomic E-state index is -0.234. The molecule has 9 heteroatoms. The van der Waals surface area contributed by atoms with Crippen molar-refractivity contribution in [2.75, 3.05) is 69.6 Å². The van der Waals surface area contributed by atoms with Crippen molar-refractivity contribution in [1.29, 1.82) is 0 Å². The number of likely N-dealkylation sites (N-methyl/N-ethyl adjacent to an activating group) is 1. The first kappa shape index (κ1) is 29.7. The molecular formula is C33H43N7O2. The van der Waals surface area contributed by atoms with E-state index in [4.69, 9.17) is 4.98 Å². The average Bonchev–Trinajstić information content (AvgIpc) is 3.01. The van der Waals surface area contributed by atoms with Crippen LogP contribution in [0.1, 0.15) is 47.9 Å². The summed E-state index contributed by atoms with van der Waals surface area (Å²) in [5.41, 5.74) is 6.02. The number of nitrogens with one attached hydrogen (secondary N) is 1. The van der Waals surface area contributed by atoms with Crippen LogP contribution in [0.2, 0.25) is 0 Å². The van der Waals surface area contributed by atoms with Gasteiger partial charge >= 0.3 is 0 Å². The van der Waals surface area contributed by atoms with E-state index in [0.717, 1.165) is 86.2 Å². The summed E-state index contributed by atoms with van der Waals surface area (Å²) in [6.45, 7) is 11.7. The van der Waals surface area contributed by atoms with Crippen LogP contribution in [0.4, 0.5) is 11.4 Å². The Hall–Kier alpha value is -3.82. The van der Waals surface area contributed by atoms with E-state index in [9.17, 15) is 9.59 Å². The third-order valence-corrected chi connectivity index (χ3v) is 8.25. The van der Waals surface area contributed by atoms with Crippen molar-refractivity contribution in [1.82, 2.24) is 24.7 Å². The molecule has 3 aromatic rings. The van der Waals surface area contributed by atoms with Crippen molar-refractivity contribution in [3.63, 3.8) is 0 Å². The lowest BCUT2D eigenvalue weighted by atomic mass is 10.0. The normalized spacial score (nSPS) is 16.1. The first-order valence-electron chi connectivity index (χ1n) is 15.1. The first-order chi connectivity index (χ1) is 20.4. The molecule has 1 N–H and O–H groups in total. The second kappa shape index (κ2) is 13.9. The molecule has 2 aliphatic rings. The Bertz CT molecular complexity index is 1380. The molecule has 2 aromatic heterocycles. The monoisotopic (exact) mass is 569 g/mol. The molecule has 0 unspecified atom stereocenters. The number of anilines is 2. The molecule has 0 spiro atoms. The van der Waals surface area contributed by atoms with Gasteiger partial charge in [-0.1, -0.05) is 6.07 Å². The number of rotatable bonds is 9. The van der Waals surface area contributed by atoms with Crippen LogP contribution in [-0.4, -0.2) is 95.9 Å². The zero-order valence-corrected chi connectivity index (χ0v) is 25.2. The van der Waals surface area contributed by atoms with E-state index >= 15 is 0 Å². The Morgan fingerprint density at radius 2 is 1.74 bits per heavy atom. The van der Waals surface area contributed by atoms with E-state index in [1.165, 1.54) is 19.3 Å². The molecule has 42 heavy (non-hydrogen) atoms. The Morgan fingerprint density at radius 3 is 2.48 bits per heavy atom. The van der Waals surface area contributed by atoms with E-state index in [1.54, 1.807) is 13.0 Å². The van der Waals surface area contributed by atoms with Gasteiger partial charge in [0.25, 0.3) is 5.91 Å². The van der Waals surface area contributed by atoms with Crippen molar-refractivity contribution >= 4 is 23.2 Å². The second-order valence-corrected chi connectivity index (χ2v) is 11.5. The highest BCUT2D eigenvalue weighted by atomic mass is 16.2. The number of benzene rings is 1. The summed E-state index contributed by atoms with van der Waals surface area (Å²) in [6.07, 6.45) is 5.49. The molecule has 5 rings (SSSR count). The Kier molecular flexibility index (Phi) is 9.81. The zero-order chi connectivity index (χ0) is 29.5. The summed E-state index contributed by atoms with van der Waals surface area (Å²) in [4.78, 5) is 43.3. The van der Waals surface area contributed by atoms with Gasteiger partial charge in [0.05, 0.1) is 17.1 Å². The number of hydrogen-bond donors (Lipinski definition) is 1. The fraction of sp³-hybridized carbons (Fsp3) is 0.455. The van der Waals surface area contributed by atoms with Crippen molar-refractivity contribution in [3.05, 3.63) is 71.7 Å². The topological polar surface area (TPSA) is 84.9 Å². The predicted octanol–water partition coefficient (Wildman–Crippen LogP) is 4.29. The fourth-order valence-electron chi connectivity index (χ4n) is 5.72. The smallest absolute Gasteiger partial charge is 0.274 e. The van der Waals surface area contributed by atoms with Crippen LogP contribution in [-0.2, 0) is 11.3 Å². The number of pyridine rings is 2. The number of aromatic nitrogens is 2. The van der Waals surface area contributed by atoms with E-state index in [2.05, 4.69) is 57.2 Å². The SMILES string of the molecule is CC(=O)N1CCN(CCN(C)Cc2cccc(C(=O)Nc3ccc(N4CCCCC4)cc3-c3cc(C)ccn3)n2)CC1. The summed E-state index contributed by atoms with van der Waals surface area (Å²) in [5.74, 6) is -0.0817. The van der Waals surface area contributed by atoms with E-state index in [-0.39, 0.29) is 11.8 Å². The fourth-order valence-corrected chi connectivity index (χ4v) is 5.72. The number of hydrogen-bond acceptors (Lipinski definition) is 7. The lowest BCUT2D eigenvalue weighted by Crippen LogP contribution is -2.49. The van der Waals surface area contributed by atoms with E-state index in [0.29, 0.717) is 12.2 Å². The highest BCUT2D eigenvalue weighted by molar-refractivity contribution is 6.05. The Balaban J connectivity index is 1.24. The average molecular weight is 570 g/mol. The molecule has 2 amide bonds. The van der Waals surface area contributed by atoms with Crippen LogP contribution in [0.15, 0.2) is 54.7 Å². The maximum atomic E-state index is 13.4. The van der Waals surface area contributed by atoms with Gasteiger partial charge in [0.15, 0.2) is 0 Å². The molecule has 4 heterocycles. The van der Waals surface area contributed by atoms with Gasteiger partial charge in [-0.05, 0) is 81.3 Å². The third kappa shape index (κ3) is 7.72. The quantitative estimate of drug-likeness (QED) is 0.412. The molecule has 2 saturated heterocycles. The number of amides is 2. The van der Waals surface area contributed by atoms with Gasteiger partial charge in [-0.2, -0.15) is 0 Å². The number of carbonyl (C=O) groups is 2. The molecule has 0 aliphatic carbocycles. The summed E-state index contributed by atoms with van der Waals surface area (Å²) in [7, 11) is 2.07. The predicted molar refractivity (Wildman–Crippen MR) is 168 cm³/mol. The summed E-state index contributed by atoms with van der Waals surface area (Å²) in [5, 5.41) is 3.13. The molecule has 0 bridgehead atoms. The molecule has 1 aromatic carbocycles. The minimum absolute atomic E-state index is 0.152. The molecule has 0 radical (unpaired) electrons. The van der Waals surface area contributed by atoms with Crippen LogP contribution in [0.3, 0.4) is 0 Å². The molecular weight excluding hydrogens is 526 g/mol. The molecule has 2 aliphatic heterocycles. The summed E-state index contributed by atoms with van der Waals surface area (Å²) >= 11 is 0. The van der Waals surface area contributed by atoms with Gasteiger partial charge in [0, 0.05) is 83.3 Å². The van der Waals surface area contributed by atoms with Crippen molar-refractivity contribution < 1.29 is 9.59 Å². The summed E-state index contributed by atoms with van der Waals surface area (Å²) < 4.78 is 0. The molecule has 2 fully saturated rings. The van der Waals surface area contributed by atoms with Gasteiger partial charge in [-0.15, -0.1) is 0 Å². The lowest BCUT2D eigenvalue weighted by molar-refractivity contribution is -0.130. The van der Waals surface area contributed by atoms with Gasteiger partial charge in [0.1, 0.15) is 5.69 Å². The Morgan fingerprint density at radius 1 is 0.952 bits per heavy atom. The van der Waals surface area contributed by atoms with Gasteiger partial charge in [-0.25, -0.2) is 4.98 Å². The van der Waals surface area contributed by atoms with E-state index < -0.39 is 0 Å². The van der Waals surface area contributed by atoms with E-state index in [1.807, 2.05) is 35.4 Å². The van der Waals surface area contributed by atoms with Crippen LogP contribution < -0.4 is 10.2 Å². The highest BCUT2D eigenvalue weighted by Gasteiger charge is 2.20. The van der Waals surface area contributed by atoms with Crippen LogP contribution in [0.25, 0.3) is 11.3 Å². The maximum absolute atomic E-state index is 13.4. The standard InChI is InChI=1S/C33H43N7O2/c1-25-12-13-34-32(22-25)29-23-28(40-14-5-4-6-15-40)10-11-30(29)36-33(42)31-9-7-8-27(35-31)24-37(3)16-17-38-18-20-39(21-19-38)26(2)41/h7-13,22-23H,4-6,14-21,24H2,1-3H3,(H,36,42). The number of piperazine rings is 1. The van der Waals surface area contributed by atoms with Gasteiger partial charge in [0.2, 0.25) is 5.91 Å². The maximum Gasteiger partial charge on any atom is 0.274 e. The number of aryl methyl sites for hydroxylation is 1. The van der Waals surface area contributed by atoms with Gasteiger partial charge in [-0.3, -0.25) is 24.4 Å².